The van der Waals surface area contributed by atoms with E-state index in [4.69, 9.17) is 9.47 Å². The molecule has 0 radical (unpaired) electrons. The van der Waals surface area contributed by atoms with Crippen LogP contribution in [0.5, 0.6) is 5.75 Å². The Morgan fingerprint density at radius 1 is 1.21 bits per heavy atom. The first-order valence-electron chi connectivity index (χ1n) is 6.05. The predicted octanol–water partition coefficient (Wildman–Crippen LogP) is 3.25. The summed E-state index contributed by atoms with van der Waals surface area (Å²) in [6.45, 7) is 7.04. The van der Waals surface area contributed by atoms with Crippen molar-refractivity contribution >= 4 is 5.97 Å². The van der Waals surface area contributed by atoms with Crippen molar-refractivity contribution in [1.82, 2.24) is 0 Å². The molecule has 19 heavy (non-hydrogen) atoms. The van der Waals surface area contributed by atoms with Gasteiger partial charge in [-0.25, -0.2) is 8.78 Å². The van der Waals surface area contributed by atoms with Crippen molar-refractivity contribution in [3.63, 3.8) is 0 Å². The molecular weight excluding hydrogens is 254 g/mol. The van der Waals surface area contributed by atoms with Gasteiger partial charge in [0.15, 0.2) is 11.6 Å². The van der Waals surface area contributed by atoms with E-state index in [2.05, 4.69) is 0 Å². The molecule has 0 fully saturated rings. The van der Waals surface area contributed by atoms with E-state index in [1.54, 1.807) is 27.7 Å². The molecule has 0 saturated carbocycles. The van der Waals surface area contributed by atoms with Crippen LogP contribution in [-0.4, -0.2) is 18.2 Å². The first kappa shape index (κ1) is 15.4. The van der Waals surface area contributed by atoms with E-state index < -0.39 is 23.2 Å². The van der Waals surface area contributed by atoms with Gasteiger partial charge in [-0.3, -0.25) is 4.79 Å². The topological polar surface area (TPSA) is 35.5 Å². The fraction of sp³-hybridized carbons (Fsp3) is 0.500. The maximum Gasteiger partial charge on any atom is 0.310 e. The summed E-state index contributed by atoms with van der Waals surface area (Å²) >= 11 is 0. The van der Waals surface area contributed by atoms with Gasteiger partial charge in [0.2, 0.25) is 0 Å². The third kappa shape index (κ3) is 4.85. The van der Waals surface area contributed by atoms with Crippen molar-refractivity contribution in [1.29, 1.82) is 0 Å². The molecule has 1 aromatic rings. The predicted molar refractivity (Wildman–Crippen MR) is 67.1 cm³/mol. The van der Waals surface area contributed by atoms with Crippen molar-refractivity contribution in [3.8, 4) is 5.75 Å². The van der Waals surface area contributed by atoms with Crippen LogP contribution in [-0.2, 0) is 16.0 Å². The molecule has 106 valence electrons. The molecule has 0 aliphatic rings. The number of halogens is 2. The SMILES string of the molecule is CCOc1cc(F)c(CC(=O)OC(C)(C)C)cc1F. The van der Waals surface area contributed by atoms with Crippen LogP contribution in [0, 0.1) is 11.6 Å². The lowest BCUT2D eigenvalue weighted by Crippen LogP contribution is -2.25. The highest BCUT2D eigenvalue weighted by atomic mass is 19.1. The maximum absolute atomic E-state index is 13.7. The first-order valence-corrected chi connectivity index (χ1v) is 6.05. The second kappa shape index (κ2) is 5.99. The Morgan fingerprint density at radius 3 is 2.37 bits per heavy atom. The lowest BCUT2D eigenvalue weighted by molar-refractivity contribution is -0.153. The van der Waals surface area contributed by atoms with Gasteiger partial charge in [-0.2, -0.15) is 0 Å². The monoisotopic (exact) mass is 272 g/mol. The van der Waals surface area contributed by atoms with E-state index in [1.807, 2.05) is 0 Å². The zero-order chi connectivity index (χ0) is 14.6. The van der Waals surface area contributed by atoms with Gasteiger partial charge < -0.3 is 9.47 Å². The summed E-state index contributed by atoms with van der Waals surface area (Å²) in [5.74, 6) is -2.14. The van der Waals surface area contributed by atoms with Crippen molar-refractivity contribution in [2.24, 2.45) is 0 Å². The molecule has 0 heterocycles. The van der Waals surface area contributed by atoms with Crippen LogP contribution < -0.4 is 4.74 Å². The summed E-state index contributed by atoms with van der Waals surface area (Å²) in [7, 11) is 0. The zero-order valence-corrected chi connectivity index (χ0v) is 11.5. The molecule has 0 atom stereocenters. The first-order chi connectivity index (χ1) is 8.73. The van der Waals surface area contributed by atoms with E-state index in [0.29, 0.717) is 0 Å². The number of rotatable bonds is 4. The molecule has 1 rings (SSSR count). The molecule has 0 N–H and O–H groups in total. The second-order valence-corrected chi connectivity index (χ2v) is 5.07. The Morgan fingerprint density at radius 2 is 1.84 bits per heavy atom. The van der Waals surface area contributed by atoms with E-state index in [1.165, 1.54) is 0 Å². The Bertz CT molecular complexity index is 464. The van der Waals surface area contributed by atoms with Gasteiger partial charge in [0.25, 0.3) is 0 Å². The van der Waals surface area contributed by atoms with E-state index in [-0.39, 0.29) is 24.3 Å². The third-order valence-corrected chi connectivity index (χ3v) is 2.16. The molecule has 1 aromatic carbocycles. The maximum atomic E-state index is 13.7. The highest BCUT2D eigenvalue weighted by Gasteiger charge is 2.19. The van der Waals surface area contributed by atoms with Gasteiger partial charge >= 0.3 is 5.97 Å². The number of hydrogen-bond acceptors (Lipinski definition) is 3. The standard InChI is InChI=1S/C14H18F2O3/c1-5-18-12-8-10(15)9(6-11(12)16)7-13(17)19-14(2,3)4/h6,8H,5,7H2,1-4H3. The summed E-state index contributed by atoms with van der Waals surface area (Å²) in [5, 5.41) is 0. The van der Waals surface area contributed by atoms with Crippen LogP contribution in [0.15, 0.2) is 12.1 Å². The van der Waals surface area contributed by atoms with Crippen LogP contribution in [0.4, 0.5) is 8.78 Å². The number of benzene rings is 1. The molecule has 0 aliphatic carbocycles. The Hall–Kier alpha value is -1.65. The van der Waals surface area contributed by atoms with Gasteiger partial charge in [0.1, 0.15) is 11.4 Å². The van der Waals surface area contributed by atoms with Crippen LogP contribution >= 0.6 is 0 Å². The van der Waals surface area contributed by atoms with E-state index in [0.717, 1.165) is 12.1 Å². The Kier molecular flexibility index (Phi) is 4.86. The van der Waals surface area contributed by atoms with Crippen LogP contribution in [0.1, 0.15) is 33.3 Å². The summed E-state index contributed by atoms with van der Waals surface area (Å²) in [6, 6.07) is 1.91. The summed E-state index contributed by atoms with van der Waals surface area (Å²) in [5.41, 5.74) is -0.701. The molecule has 0 aromatic heterocycles. The number of carbonyl (C=O) groups excluding carboxylic acids is 1. The average Bonchev–Trinajstić information content (AvgIpc) is 2.22. The van der Waals surface area contributed by atoms with Crippen LogP contribution in [0.25, 0.3) is 0 Å². The van der Waals surface area contributed by atoms with E-state index in [9.17, 15) is 13.6 Å². The summed E-state index contributed by atoms with van der Waals surface area (Å²) in [6.07, 6.45) is -0.313. The molecule has 3 nitrogen and oxygen atoms in total. The fourth-order valence-electron chi connectivity index (χ4n) is 1.50. The van der Waals surface area contributed by atoms with Crippen molar-refractivity contribution in [2.75, 3.05) is 6.61 Å². The third-order valence-electron chi connectivity index (χ3n) is 2.16. The zero-order valence-electron chi connectivity index (χ0n) is 11.5. The molecule has 0 aliphatic heterocycles. The molecule has 0 spiro atoms. The van der Waals surface area contributed by atoms with Crippen LogP contribution in [0.2, 0.25) is 0 Å². The van der Waals surface area contributed by atoms with Crippen molar-refractivity contribution < 1.29 is 23.0 Å². The lowest BCUT2D eigenvalue weighted by Gasteiger charge is -2.19. The number of esters is 1. The lowest BCUT2D eigenvalue weighted by atomic mass is 10.1. The van der Waals surface area contributed by atoms with Crippen LogP contribution in [0.3, 0.4) is 0 Å². The average molecular weight is 272 g/mol. The number of hydrogen-bond donors (Lipinski definition) is 0. The van der Waals surface area contributed by atoms with Crippen molar-refractivity contribution in [3.05, 3.63) is 29.3 Å². The highest BCUT2D eigenvalue weighted by molar-refractivity contribution is 5.73. The van der Waals surface area contributed by atoms with Crippen molar-refractivity contribution in [2.45, 2.75) is 39.7 Å². The minimum Gasteiger partial charge on any atom is -0.491 e. The minimum atomic E-state index is -0.693. The number of carbonyl (C=O) groups is 1. The quantitative estimate of drug-likeness (QED) is 0.789. The fourth-order valence-corrected chi connectivity index (χ4v) is 1.50. The van der Waals surface area contributed by atoms with Gasteiger partial charge in [-0.15, -0.1) is 0 Å². The molecule has 0 unspecified atom stereocenters. The molecule has 0 saturated heterocycles. The van der Waals surface area contributed by atoms with E-state index >= 15 is 0 Å². The number of ether oxygens (including phenoxy) is 2. The van der Waals surface area contributed by atoms with Gasteiger partial charge in [0.05, 0.1) is 13.0 Å². The van der Waals surface area contributed by atoms with Gasteiger partial charge in [-0.05, 0) is 33.8 Å². The smallest absolute Gasteiger partial charge is 0.310 e. The van der Waals surface area contributed by atoms with Gasteiger partial charge in [-0.1, -0.05) is 0 Å². The van der Waals surface area contributed by atoms with Gasteiger partial charge in [0, 0.05) is 11.6 Å². The summed E-state index contributed by atoms with van der Waals surface area (Å²) < 4.78 is 37.2. The Labute approximate surface area is 111 Å². The Balaban J connectivity index is 2.85. The largest absolute Gasteiger partial charge is 0.491 e. The second-order valence-electron chi connectivity index (χ2n) is 5.07. The molecule has 0 bridgehead atoms. The molecular formula is C14H18F2O3. The molecule has 5 heteroatoms. The highest BCUT2D eigenvalue weighted by Crippen LogP contribution is 2.22. The molecule has 0 amide bonds. The minimum absolute atomic E-state index is 0.0461. The summed E-state index contributed by atoms with van der Waals surface area (Å²) in [4.78, 5) is 11.6. The normalized spacial score (nSPS) is 11.3.